The number of halogens is 4. The molecule has 0 fully saturated rings. The molecule has 2 aliphatic heterocycles. The molecule has 0 aliphatic carbocycles. The molecule has 2 aliphatic rings. The van der Waals surface area contributed by atoms with Crippen molar-refractivity contribution in [3.05, 3.63) is 161 Å². The summed E-state index contributed by atoms with van der Waals surface area (Å²) in [6, 6.07) is 27.2. The lowest BCUT2D eigenvalue weighted by Crippen LogP contribution is -2.43. The third kappa shape index (κ3) is 11.5. The third-order valence-corrected chi connectivity index (χ3v) is 11.5. The van der Waals surface area contributed by atoms with Gasteiger partial charge in [0, 0.05) is 59.7 Å². The highest BCUT2D eigenvalue weighted by molar-refractivity contribution is 6.05. The number of carboxylic acid groups (broad SMARTS) is 1. The minimum atomic E-state index is -1.07. The fourth-order valence-corrected chi connectivity index (χ4v) is 7.83. The number of fused-ring (bicyclic) bond motifs is 2. The molecular formula is C52H49F4N13O5. The molecule has 0 bridgehead atoms. The van der Waals surface area contributed by atoms with E-state index in [1.807, 2.05) is 56.2 Å². The number of anilines is 7. The van der Waals surface area contributed by atoms with Gasteiger partial charge in [-0.1, -0.05) is 54.6 Å². The Morgan fingerprint density at radius 1 is 0.568 bits per heavy atom. The lowest BCUT2D eigenvalue weighted by atomic mass is 10.0. The fraction of sp³-hybridized carbons (Fsp3) is 0.192. The first kappa shape index (κ1) is 51.3. The normalized spacial score (nSPS) is 12.8. The maximum absolute atomic E-state index is 14.8. The first-order valence-electron chi connectivity index (χ1n) is 23.0. The van der Waals surface area contributed by atoms with Crippen molar-refractivity contribution >= 4 is 64.5 Å². The number of hydrogen-bond acceptors (Lipinski definition) is 12. The summed E-state index contributed by atoms with van der Waals surface area (Å²) >= 11 is 0. The van der Waals surface area contributed by atoms with Gasteiger partial charge in [-0.2, -0.15) is 9.97 Å². The number of amides is 5. The van der Waals surface area contributed by atoms with Crippen LogP contribution >= 0.6 is 0 Å². The van der Waals surface area contributed by atoms with E-state index in [0.29, 0.717) is 71.1 Å². The summed E-state index contributed by atoms with van der Waals surface area (Å²) in [5.41, 5.74) is 3.08. The number of nitrogens with one attached hydrogen (secondary N) is 5. The molecule has 0 radical (unpaired) electrons. The Labute approximate surface area is 422 Å². The largest absolute Gasteiger partial charge is 0.478 e. The Morgan fingerprint density at radius 3 is 1.36 bits per heavy atom. The van der Waals surface area contributed by atoms with Crippen LogP contribution in [-0.4, -0.2) is 113 Å². The van der Waals surface area contributed by atoms with Crippen molar-refractivity contribution < 1.29 is 41.8 Å². The minimum absolute atomic E-state index is 0.0226. The molecule has 380 valence electrons. The molecule has 22 heteroatoms. The summed E-state index contributed by atoms with van der Waals surface area (Å²) < 4.78 is 59.0. The number of aromatic carboxylic acids is 1. The van der Waals surface area contributed by atoms with E-state index < -0.39 is 52.7 Å². The van der Waals surface area contributed by atoms with Crippen molar-refractivity contribution in [1.82, 2.24) is 40.4 Å². The topological polar surface area (TPSA) is 213 Å². The average Bonchev–Trinajstić information content (AvgIpc) is 3.37. The molecule has 5 amide bonds. The third-order valence-electron chi connectivity index (χ3n) is 11.5. The van der Waals surface area contributed by atoms with Crippen molar-refractivity contribution in [2.24, 2.45) is 0 Å². The first-order chi connectivity index (χ1) is 35.6. The van der Waals surface area contributed by atoms with Crippen LogP contribution in [0.1, 0.15) is 31.8 Å². The highest BCUT2D eigenvalue weighted by Gasteiger charge is 2.36. The van der Waals surface area contributed by atoms with E-state index in [0.717, 1.165) is 34.1 Å². The molecule has 0 spiro atoms. The monoisotopic (exact) mass is 1010 g/mol. The molecule has 0 saturated carbocycles. The quantitative estimate of drug-likeness (QED) is 0.0533. The predicted octanol–water partition coefficient (Wildman–Crippen LogP) is 8.46. The van der Waals surface area contributed by atoms with E-state index >= 15 is 0 Å². The van der Waals surface area contributed by atoms with Crippen LogP contribution in [0, 0.1) is 23.3 Å². The van der Waals surface area contributed by atoms with E-state index in [1.165, 1.54) is 24.3 Å². The van der Waals surface area contributed by atoms with Crippen LogP contribution in [-0.2, 0) is 13.1 Å². The maximum Gasteiger partial charge on any atom is 0.335 e. The maximum atomic E-state index is 14.8. The van der Waals surface area contributed by atoms with Crippen molar-refractivity contribution in [3.63, 3.8) is 0 Å². The molecule has 2 aromatic heterocycles. The van der Waals surface area contributed by atoms with Gasteiger partial charge in [0.1, 0.15) is 34.6 Å². The number of benzene rings is 5. The Balaban J connectivity index is 0.000000200. The zero-order chi connectivity index (χ0) is 52.6. The number of carbonyl (C=O) groups excluding carboxylic acids is 3. The molecule has 18 nitrogen and oxygen atoms in total. The highest BCUT2D eigenvalue weighted by Crippen LogP contribution is 2.40. The van der Waals surface area contributed by atoms with E-state index in [2.05, 4.69) is 46.5 Å². The summed E-state index contributed by atoms with van der Waals surface area (Å²) in [5.74, 6) is -4.54. The Hall–Kier alpha value is -9.02. The van der Waals surface area contributed by atoms with Crippen LogP contribution in [0.15, 0.2) is 115 Å². The van der Waals surface area contributed by atoms with Gasteiger partial charge in [-0.15, -0.1) is 0 Å². The molecule has 7 aromatic rings. The van der Waals surface area contributed by atoms with Crippen molar-refractivity contribution in [2.45, 2.75) is 13.1 Å². The van der Waals surface area contributed by atoms with E-state index in [4.69, 9.17) is 0 Å². The van der Waals surface area contributed by atoms with Gasteiger partial charge in [0.05, 0.1) is 30.0 Å². The van der Waals surface area contributed by atoms with Crippen molar-refractivity contribution in [1.29, 1.82) is 0 Å². The van der Waals surface area contributed by atoms with Crippen molar-refractivity contribution in [2.75, 3.05) is 80.1 Å². The number of rotatable bonds is 15. The van der Waals surface area contributed by atoms with Crippen LogP contribution in [0.5, 0.6) is 0 Å². The molecule has 0 saturated heterocycles. The number of urea groups is 2. The molecule has 9 rings (SSSR count). The minimum Gasteiger partial charge on any atom is -0.478 e. The second-order valence-corrected chi connectivity index (χ2v) is 17.3. The number of hydrogen-bond donors (Lipinski definition) is 6. The number of likely N-dealkylation sites (N-methyl/N-ethyl adjacent to an activating group) is 2. The molecule has 5 aromatic carbocycles. The van der Waals surface area contributed by atoms with Gasteiger partial charge in [-0.25, -0.2) is 51.7 Å². The van der Waals surface area contributed by atoms with E-state index in [1.54, 1.807) is 48.5 Å². The number of carbonyl (C=O) groups is 4. The number of carboxylic acids is 1. The lowest BCUT2D eigenvalue weighted by Gasteiger charge is -2.30. The standard InChI is InChI=1S/C29H27F2N7O2.C23H22F2N6O3/c1-37(2)16-15-32-28-35-24(18-11-13-19(14-12-18)27(39)34-20-7-4-3-5-8-20)21-17-33-29(40)38(26(21)36-28)25-22(30)9-6-10-23(25)31;1-30(2)11-10-26-22-28-18(13-6-8-14(9-7-13)21(32)33)15-12-27-23(34)31(20(15)29-22)19-16(24)4-3-5-17(19)25/h3-14H,15-17H2,1-2H3,(H,33,40)(H,34,39)(H,32,35,36);3-9H,10-12H2,1-2H3,(H,27,34)(H,32,33)(H,26,28,29). The summed E-state index contributed by atoms with van der Waals surface area (Å²) in [5, 5.41) is 23.5. The van der Waals surface area contributed by atoms with E-state index in [9.17, 15) is 41.8 Å². The van der Waals surface area contributed by atoms with Gasteiger partial charge in [-0.3, -0.25) is 4.79 Å². The number of nitrogens with zero attached hydrogens (tertiary/aromatic N) is 8. The van der Waals surface area contributed by atoms with Crippen LogP contribution in [0.2, 0.25) is 0 Å². The van der Waals surface area contributed by atoms with Crippen LogP contribution in [0.4, 0.5) is 67.7 Å². The summed E-state index contributed by atoms with van der Waals surface area (Å²) in [4.78, 5) is 73.6. The first-order valence-corrected chi connectivity index (χ1v) is 23.0. The van der Waals surface area contributed by atoms with Gasteiger partial charge in [0.25, 0.3) is 5.91 Å². The van der Waals surface area contributed by atoms with Gasteiger partial charge >= 0.3 is 18.0 Å². The summed E-state index contributed by atoms with van der Waals surface area (Å²) in [6.07, 6.45) is 0. The average molecular weight is 1010 g/mol. The smallest absolute Gasteiger partial charge is 0.335 e. The summed E-state index contributed by atoms with van der Waals surface area (Å²) in [6.45, 7) is 2.37. The molecule has 0 unspecified atom stereocenters. The molecule has 0 atom stereocenters. The van der Waals surface area contributed by atoms with Gasteiger partial charge in [0.15, 0.2) is 11.6 Å². The Bertz CT molecular complexity index is 3180. The van der Waals surface area contributed by atoms with Crippen molar-refractivity contribution in [3.8, 4) is 22.5 Å². The van der Waals surface area contributed by atoms with Crippen LogP contribution in [0.3, 0.4) is 0 Å². The van der Waals surface area contributed by atoms with Crippen LogP contribution < -0.4 is 36.4 Å². The number of aromatic nitrogens is 4. The zero-order valence-electron chi connectivity index (χ0n) is 40.4. The van der Waals surface area contributed by atoms with Crippen LogP contribution in [0.25, 0.3) is 22.5 Å². The summed E-state index contributed by atoms with van der Waals surface area (Å²) in [7, 11) is 7.64. The SMILES string of the molecule is CN(C)CCNc1nc(-c2ccc(C(=O)Nc3ccccc3)cc2)c2c(n1)N(c1c(F)cccc1F)C(=O)NC2.CN(C)CCNc1nc(-c2ccc(C(=O)O)cc2)c2c(n1)N(c1c(F)cccc1F)C(=O)NC2. The zero-order valence-corrected chi connectivity index (χ0v) is 40.4. The lowest BCUT2D eigenvalue weighted by molar-refractivity contribution is 0.0696. The van der Waals surface area contributed by atoms with Gasteiger partial charge in [0.2, 0.25) is 11.9 Å². The second-order valence-electron chi connectivity index (χ2n) is 17.3. The highest BCUT2D eigenvalue weighted by atomic mass is 19.1. The Kier molecular flexibility index (Phi) is 15.7. The Morgan fingerprint density at radius 2 is 0.973 bits per heavy atom. The second kappa shape index (κ2) is 22.6. The predicted molar refractivity (Wildman–Crippen MR) is 272 cm³/mol. The van der Waals surface area contributed by atoms with E-state index in [-0.39, 0.29) is 48.1 Å². The molecule has 74 heavy (non-hydrogen) atoms. The van der Waals surface area contributed by atoms with Gasteiger partial charge < -0.3 is 41.5 Å². The molecular weight excluding hydrogens is 963 g/mol. The molecule has 6 N–H and O–H groups in total. The molecule has 4 heterocycles. The fourth-order valence-electron chi connectivity index (χ4n) is 7.83. The number of para-hydroxylation sites is 3. The van der Waals surface area contributed by atoms with Gasteiger partial charge in [-0.05, 0) is 88.9 Å².